The van der Waals surface area contributed by atoms with E-state index in [9.17, 15) is 4.79 Å². The van der Waals surface area contributed by atoms with E-state index in [-0.39, 0.29) is 6.10 Å². The van der Waals surface area contributed by atoms with E-state index in [1.165, 1.54) is 0 Å². The molecule has 6 heteroatoms. The molecule has 0 saturated carbocycles. The van der Waals surface area contributed by atoms with Gasteiger partial charge < -0.3 is 9.26 Å². The van der Waals surface area contributed by atoms with E-state index < -0.39 is 6.09 Å². The van der Waals surface area contributed by atoms with Gasteiger partial charge in [0, 0.05) is 18.0 Å². The quantitative estimate of drug-likeness (QED) is 0.772. The predicted octanol–water partition coefficient (Wildman–Crippen LogP) is 4.35. The van der Waals surface area contributed by atoms with Crippen LogP contribution in [0.4, 0.5) is 10.5 Å². The summed E-state index contributed by atoms with van der Waals surface area (Å²) in [6, 6.07) is 13.1. The second kappa shape index (κ2) is 6.95. The third kappa shape index (κ3) is 3.43. The molecule has 0 bridgehead atoms. The molecule has 2 heterocycles. The Kier molecular flexibility index (Phi) is 4.56. The van der Waals surface area contributed by atoms with Gasteiger partial charge >= 0.3 is 6.09 Å². The molecule has 24 heavy (non-hydrogen) atoms. The molecule has 1 aromatic carbocycles. The molecule has 0 radical (unpaired) electrons. The molecule has 0 spiro atoms. The van der Waals surface area contributed by atoms with Gasteiger partial charge in [-0.05, 0) is 31.5 Å². The first-order valence-corrected chi connectivity index (χ1v) is 7.54. The standard InChI is InChI=1S/C18H17N3O3/c1-12-16(17(24-21-12)15-8-10-19-11-9-15)20-18(22)23-13(2)14-6-4-3-5-7-14/h3-11,13H,1-2H3,(H,20,22). The van der Waals surface area contributed by atoms with Crippen LogP contribution >= 0.6 is 0 Å². The van der Waals surface area contributed by atoms with Crippen LogP contribution in [0.2, 0.25) is 0 Å². The summed E-state index contributed by atoms with van der Waals surface area (Å²) < 4.78 is 10.7. The van der Waals surface area contributed by atoms with Gasteiger partial charge in [0.1, 0.15) is 17.5 Å². The molecule has 6 nitrogen and oxygen atoms in total. The minimum absolute atomic E-state index is 0.365. The van der Waals surface area contributed by atoms with Gasteiger partial charge in [0.15, 0.2) is 5.76 Å². The Hall–Kier alpha value is -3.15. The fourth-order valence-electron chi connectivity index (χ4n) is 2.30. The molecular formula is C18H17N3O3. The average molecular weight is 323 g/mol. The molecule has 1 N–H and O–H groups in total. The highest BCUT2D eigenvalue weighted by Crippen LogP contribution is 2.30. The van der Waals surface area contributed by atoms with E-state index >= 15 is 0 Å². The molecule has 0 aliphatic rings. The highest BCUT2D eigenvalue weighted by molar-refractivity contribution is 5.90. The fraction of sp³-hybridized carbons (Fsp3) is 0.167. The van der Waals surface area contributed by atoms with Gasteiger partial charge in [-0.15, -0.1) is 0 Å². The van der Waals surface area contributed by atoms with Crippen molar-refractivity contribution in [2.75, 3.05) is 5.32 Å². The zero-order chi connectivity index (χ0) is 16.9. The maximum atomic E-state index is 12.2. The van der Waals surface area contributed by atoms with Gasteiger partial charge in [-0.1, -0.05) is 35.5 Å². The number of nitrogens with zero attached hydrogens (tertiary/aromatic N) is 2. The Balaban J connectivity index is 1.74. The van der Waals surface area contributed by atoms with Crippen molar-refractivity contribution in [2.45, 2.75) is 20.0 Å². The molecule has 1 amide bonds. The largest absolute Gasteiger partial charge is 0.441 e. The van der Waals surface area contributed by atoms with Gasteiger partial charge in [-0.2, -0.15) is 0 Å². The highest BCUT2D eigenvalue weighted by Gasteiger charge is 2.19. The van der Waals surface area contributed by atoms with Crippen molar-refractivity contribution in [3.05, 3.63) is 66.1 Å². The number of ether oxygens (including phenoxy) is 1. The fourth-order valence-corrected chi connectivity index (χ4v) is 2.30. The average Bonchev–Trinajstić information content (AvgIpc) is 2.97. The van der Waals surface area contributed by atoms with Gasteiger partial charge in [0.05, 0.1) is 0 Å². The predicted molar refractivity (Wildman–Crippen MR) is 89.4 cm³/mol. The van der Waals surface area contributed by atoms with E-state index in [1.807, 2.05) is 37.3 Å². The Morgan fingerprint density at radius 1 is 1.17 bits per heavy atom. The van der Waals surface area contributed by atoms with Crippen LogP contribution in [0.25, 0.3) is 11.3 Å². The zero-order valence-corrected chi connectivity index (χ0v) is 13.4. The zero-order valence-electron chi connectivity index (χ0n) is 13.4. The number of aromatic nitrogens is 2. The molecule has 1 unspecified atom stereocenters. The second-order valence-corrected chi connectivity index (χ2v) is 5.29. The second-order valence-electron chi connectivity index (χ2n) is 5.29. The molecule has 0 fully saturated rings. The van der Waals surface area contributed by atoms with E-state index in [0.29, 0.717) is 17.1 Å². The molecule has 0 aliphatic carbocycles. The topological polar surface area (TPSA) is 77.3 Å². The lowest BCUT2D eigenvalue weighted by Gasteiger charge is -2.14. The number of anilines is 1. The molecule has 3 rings (SSSR count). The number of rotatable bonds is 4. The third-order valence-corrected chi connectivity index (χ3v) is 3.59. The monoisotopic (exact) mass is 323 g/mol. The van der Waals surface area contributed by atoms with Crippen LogP contribution in [0, 0.1) is 6.92 Å². The van der Waals surface area contributed by atoms with E-state index in [1.54, 1.807) is 31.5 Å². The first kappa shape index (κ1) is 15.7. The summed E-state index contributed by atoms with van der Waals surface area (Å²) >= 11 is 0. The highest BCUT2D eigenvalue weighted by atomic mass is 16.6. The summed E-state index contributed by atoms with van der Waals surface area (Å²) in [7, 11) is 0. The van der Waals surface area contributed by atoms with E-state index in [0.717, 1.165) is 11.1 Å². The van der Waals surface area contributed by atoms with Gasteiger partial charge in [-0.25, -0.2) is 4.79 Å². The molecule has 1 atom stereocenters. The SMILES string of the molecule is Cc1noc(-c2ccncc2)c1NC(=O)OC(C)c1ccccc1. The van der Waals surface area contributed by atoms with Crippen LogP contribution in [0.3, 0.4) is 0 Å². The lowest BCUT2D eigenvalue weighted by molar-refractivity contribution is 0.121. The lowest BCUT2D eigenvalue weighted by Crippen LogP contribution is -2.16. The summed E-state index contributed by atoms with van der Waals surface area (Å²) in [6.45, 7) is 3.57. The van der Waals surface area contributed by atoms with Crippen molar-refractivity contribution in [3.63, 3.8) is 0 Å². The van der Waals surface area contributed by atoms with Gasteiger partial charge in [-0.3, -0.25) is 10.3 Å². The molecule has 122 valence electrons. The van der Waals surface area contributed by atoms with Crippen LogP contribution in [0.5, 0.6) is 0 Å². The van der Waals surface area contributed by atoms with E-state index in [4.69, 9.17) is 9.26 Å². The van der Waals surface area contributed by atoms with Crippen molar-refractivity contribution in [1.29, 1.82) is 0 Å². The van der Waals surface area contributed by atoms with Crippen LogP contribution in [-0.2, 0) is 4.74 Å². The van der Waals surface area contributed by atoms with E-state index in [2.05, 4.69) is 15.5 Å². The van der Waals surface area contributed by atoms with Crippen LogP contribution in [-0.4, -0.2) is 16.2 Å². The van der Waals surface area contributed by atoms with Gasteiger partial charge in [0.2, 0.25) is 0 Å². The first-order valence-electron chi connectivity index (χ1n) is 7.54. The third-order valence-electron chi connectivity index (χ3n) is 3.59. The van der Waals surface area contributed by atoms with Crippen LogP contribution in [0.15, 0.2) is 59.4 Å². The maximum Gasteiger partial charge on any atom is 0.412 e. The number of aryl methyl sites for hydroxylation is 1. The first-order chi connectivity index (χ1) is 11.6. The Labute approximate surface area is 139 Å². The number of hydrogen-bond donors (Lipinski definition) is 1. The van der Waals surface area contributed by atoms with Crippen LogP contribution in [0.1, 0.15) is 24.3 Å². The number of carbonyl (C=O) groups is 1. The minimum atomic E-state index is -0.562. The van der Waals surface area contributed by atoms with Crippen molar-refractivity contribution < 1.29 is 14.1 Å². The summed E-state index contributed by atoms with van der Waals surface area (Å²) in [6.07, 6.45) is 2.36. The Morgan fingerprint density at radius 2 is 1.88 bits per heavy atom. The minimum Gasteiger partial charge on any atom is -0.441 e. The Bertz CT molecular complexity index is 816. The summed E-state index contributed by atoms with van der Waals surface area (Å²) in [5.41, 5.74) is 2.76. The maximum absolute atomic E-state index is 12.2. The Morgan fingerprint density at radius 3 is 2.58 bits per heavy atom. The number of amides is 1. The summed E-state index contributed by atoms with van der Waals surface area (Å²) in [4.78, 5) is 16.2. The normalized spacial score (nSPS) is 11.8. The van der Waals surface area contributed by atoms with Gasteiger partial charge in [0.25, 0.3) is 0 Å². The number of benzene rings is 1. The molecule has 0 aliphatic heterocycles. The van der Waals surface area contributed by atoms with Crippen molar-refractivity contribution >= 4 is 11.8 Å². The van der Waals surface area contributed by atoms with Crippen molar-refractivity contribution in [1.82, 2.24) is 10.1 Å². The molecule has 2 aromatic heterocycles. The molecule has 0 saturated heterocycles. The number of hydrogen-bond acceptors (Lipinski definition) is 5. The number of pyridine rings is 1. The lowest BCUT2D eigenvalue weighted by atomic mass is 10.1. The van der Waals surface area contributed by atoms with Crippen molar-refractivity contribution in [3.8, 4) is 11.3 Å². The number of carbonyl (C=O) groups excluding carboxylic acids is 1. The summed E-state index contributed by atoms with van der Waals surface area (Å²) in [5.74, 6) is 0.471. The number of nitrogens with one attached hydrogen (secondary N) is 1. The molecular weight excluding hydrogens is 306 g/mol. The molecule has 3 aromatic rings. The van der Waals surface area contributed by atoms with Crippen molar-refractivity contribution in [2.24, 2.45) is 0 Å². The summed E-state index contributed by atoms with van der Waals surface area (Å²) in [5, 5.41) is 6.64. The van der Waals surface area contributed by atoms with Crippen LogP contribution < -0.4 is 5.32 Å². The smallest absolute Gasteiger partial charge is 0.412 e.